The number of carbonyl (C=O) groups is 4. The van der Waals surface area contributed by atoms with Crippen molar-refractivity contribution >= 4 is 29.4 Å². The summed E-state index contributed by atoms with van der Waals surface area (Å²) < 4.78 is 31.5. The minimum atomic E-state index is -1.24. The second kappa shape index (κ2) is 8.67. The molecule has 1 saturated heterocycles. The molecule has 1 aliphatic heterocycles. The summed E-state index contributed by atoms with van der Waals surface area (Å²) >= 11 is 0. The number of ether oxygens (including phenoxy) is 1. The lowest BCUT2D eigenvalue weighted by Gasteiger charge is -2.19. The zero-order chi connectivity index (χ0) is 21.1. The Kier molecular flexibility index (Phi) is 6.24. The summed E-state index contributed by atoms with van der Waals surface area (Å²) in [5, 5.41) is 2.21. The second-order valence-corrected chi connectivity index (χ2v) is 7.32. The van der Waals surface area contributed by atoms with Crippen LogP contribution in [0, 0.1) is 23.5 Å². The average molecular weight is 408 g/mol. The highest BCUT2D eigenvalue weighted by molar-refractivity contribution is 6.05. The number of benzene rings is 1. The van der Waals surface area contributed by atoms with E-state index in [1.165, 1.54) is 6.92 Å². The van der Waals surface area contributed by atoms with Crippen LogP contribution in [0.4, 0.5) is 14.5 Å². The first-order chi connectivity index (χ1) is 13.8. The Morgan fingerprint density at radius 3 is 2.38 bits per heavy atom. The van der Waals surface area contributed by atoms with Crippen LogP contribution in [-0.2, 0) is 23.9 Å². The molecular weight excluding hydrogens is 386 g/mol. The van der Waals surface area contributed by atoms with Crippen molar-refractivity contribution in [3.63, 3.8) is 0 Å². The molecule has 1 aromatic rings. The summed E-state index contributed by atoms with van der Waals surface area (Å²) in [6, 6.07) is 2.66. The highest BCUT2D eigenvalue weighted by Crippen LogP contribution is 2.37. The van der Waals surface area contributed by atoms with Gasteiger partial charge in [-0.2, -0.15) is 0 Å². The number of halogens is 2. The maximum absolute atomic E-state index is 13.6. The lowest BCUT2D eigenvalue weighted by molar-refractivity contribution is -0.154. The second-order valence-electron chi connectivity index (χ2n) is 7.32. The predicted molar refractivity (Wildman–Crippen MR) is 97.3 cm³/mol. The zero-order valence-corrected chi connectivity index (χ0v) is 16.0. The van der Waals surface area contributed by atoms with Gasteiger partial charge in [-0.3, -0.25) is 24.1 Å². The topological polar surface area (TPSA) is 92.8 Å². The van der Waals surface area contributed by atoms with Gasteiger partial charge in [-0.05, 0) is 31.9 Å². The average Bonchev–Trinajstić information content (AvgIpc) is 2.93. The molecule has 3 atom stereocenters. The normalized spacial score (nSPS) is 22.2. The Labute approximate surface area is 166 Å². The standard InChI is InChI=1S/C20H22F2N2O5/c1-11(18(26)23-16-7-6-12(21)10-15(16)22)29-17(25)8-9-24-19(27)13-4-2-3-5-14(13)20(24)28/h6-7,10-11,13-14H,2-5,8-9H2,1H3,(H,23,26)/t11-,13+,14+/m1/s1. The Balaban J connectivity index is 1.49. The Morgan fingerprint density at radius 1 is 1.17 bits per heavy atom. The number of rotatable bonds is 6. The first-order valence-corrected chi connectivity index (χ1v) is 9.58. The van der Waals surface area contributed by atoms with Crippen molar-refractivity contribution in [2.24, 2.45) is 11.8 Å². The van der Waals surface area contributed by atoms with E-state index in [9.17, 15) is 28.0 Å². The van der Waals surface area contributed by atoms with Crippen LogP contribution in [0.1, 0.15) is 39.0 Å². The Morgan fingerprint density at radius 2 is 1.79 bits per heavy atom. The largest absolute Gasteiger partial charge is 0.452 e. The van der Waals surface area contributed by atoms with E-state index in [0.29, 0.717) is 18.9 Å². The van der Waals surface area contributed by atoms with E-state index in [4.69, 9.17) is 4.74 Å². The molecule has 29 heavy (non-hydrogen) atoms. The van der Waals surface area contributed by atoms with Crippen molar-refractivity contribution in [3.8, 4) is 0 Å². The molecule has 3 amide bonds. The molecule has 0 bridgehead atoms. The summed E-state index contributed by atoms with van der Waals surface area (Å²) in [7, 11) is 0. The van der Waals surface area contributed by atoms with Gasteiger partial charge in [0, 0.05) is 12.6 Å². The fourth-order valence-electron chi connectivity index (χ4n) is 3.79. The van der Waals surface area contributed by atoms with Crippen molar-refractivity contribution < 1.29 is 32.7 Å². The number of nitrogens with one attached hydrogen (secondary N) is 1. The smallest absolute Gasteiger partial charge is 0.308 e. The summed E-state index contributed by atoms with van der Waals surface area (Å²) in [5.41, 5.74) is -0.241. The van der Waals surface area contributed by atoms with Crippen molar-refractivity contribution in [1.82, 2.24) is 4.90 Å². The van der Waals surface area contributed by atoms with E-state index < -0.39 is 29.6 Å². The van der Waals surface area contributed by atoms with Gasteiger partial charge in [0.2, 0.25) is 11.8 Å². The van der Waals surface area contributed by atoms with Crippen LogP contribution in [0.3, 0.4) is 0 Å². The molecule has 156 valence electrons. The van der Waals surface area contributed by atoms with Crippen LogP contribution in [0.2, 0.25) is 0 Å². The summed E-state index contributed by atoms with van der Waals surface area (Å²) in [6.07, 6.45) is 1.73. The number of likely N-dealkylation sites (tertiary alicyclic amines) is 1. The number of hydrogen-bond acceptors (Lipinski definition) is 5. The van der Waals surface area contributed by atoms with E-state index in [1.54, 1.807) is 0 Å². The molecule has 1 saturated carbocycles. The maximum atomic E-state index is 13.6. The van der Waals surface area contributed by atoms with Crippen LogP contribution >= 0.6 is 0 Å². The van der Waals surface area contributed by atoms with Gasteiger partial charge in [-0.15, -0.1) is 0 Å². The molecule has 3 rings (SSSR count). The van der Waals surface area contributed by atoms with Crippen molar-refractivity contribution in [3.05, 3.63) is 29.8 Å². The van der Waals surface area contributed by atoms with Gasteiger partial charge in [0.05, 0.1) is 23.9 Å². The number of imide groups is 1. The number of amides is 3. The van der Waals surface area contributed by atoms with Crippen molar-refractivity contribution in [2.45, 2.75) is 45.1 Å². The zero-order valence-electron chi connectivity index (χ0n) is 16.0. The molecule has 0 unspecified atom stereocenters. The van der Waals surface area contributed by atoms with E-state index in [-0.39, 0.29) is 42.3 Å². The quantitative estimate of drug-likeness (QED) is 0.576. The highest BCUT2D eigenvalue weighted by atomic mass is 19.1. The molecule has 1 aromatic carbocycles. The number of fused-ring (bicyclic) bond motifs is 1. The summed E-state index contributed by atoms with van der Waals surface area (Å²) in [6.45, 7) is 1.21. The number of esters is 1. The van der Waals surface area contributed by atoms with Crippen LogP contribution in [0.25, 0.3) is 0 Å². The molecular formula is C20H22F2N2O5. The highest BCUT2D eigenvalue weighted by Gasteiger charge is 2.47. The van der Waals surface area contributed by atoms with Crippen molar-refractivity contribution in [1.29, 1.82) is 0 Å². The molecule has 1 heterocycles. The molecule has 2 fully saturated rings. The Bertz CT molecular complexity index is 820. The number of anilines is 1. The third kappa shape index (κ3) is 4.60. The molecule has 2 aliphatic rings. The molecule has 7 nitrogen and oxygen atoms in total. The third-order valence-corrected chi connectivity index (χ3v) is 5.34. The Hall–Kier alpha value is -2.84. The number of hydrogen-bond donors (Lipinski definition) is 1. The van der Waals surface area contributed by atoms with Crippen LogP contribution in [0.15, 0.2) is 18.2 Å². The summed E-state index contributed by atoms with van der Waals surface area (Å²) in [5.74, 6) is -4.36. The molecule has 1 N–H and O–H groups in total. The van der Waals surface area contributed by atoms with E-state index in [2.05, 4.69) is 5.32 Å². The van der Waals surface area contributed by atoms with Gasteiger partial charge in [0.1, 0.15) is 11.6 Å². The SMILES string of the molecule is C[C@@H](OC(=O)CCN1C(=O)[C@H]2CCCC[C@@H]2C1=O)C(=O)Nc1ccc(F)cc1F. The number of carbonyl (C=O) groups excluding carboxylic acids is 4. The monoisotopic (exact) mass is 408 g/mol. The minimum absolute atomic E-state index is 0.0928. The maximum Gasteiger partial charge on any atom is 0.308 e. The minimum Gasteiger partial charge on any atom is -0.452 e. The van der Waals surface area contributed by atoms with Crippen LogP contribution in [-0.4, -0.2) is 41.2 Å². The van der Waals surface area contributed by atoms with Gasteiger partial charge in [-0.1, -0.05) is 12.8 Å². The lowest BCUT2D eigenvalue weighted by atomic mass is 9.81. The number of nitrogens with zero attached hydrogens (tertiary/aromatic N) is 1. The molecule has 9 heteroatoms. The van der Waals surface area contributed by atoms with Gasteiger partial charge in [-0.25, -0.2) is 8.78 Å². The van der Waals surface area contributed by atoms with Gasteiger partial charge < -0.3 is 10.1 Å². The third-order valence-electron chi connectivity index (χ3n) is 5.34. The van der Waals surface area contributed by atoms with E-state index >= 15 is 0 Å². The first kappa shape index (κ1) is 20.9. The fourth-order valence-corrected chi connectivity index (χ4v) is 3.79. The first-order valence-electron chi connectivity index (χ1n) is 9.58. The van der Waals surface area contributed by atoms with Crippen molar-refractivity contribution in [2.75, 3.05) is 11.9 Å². The summed E-state index contributed by atoms with van der Waals surface area (Å²) in [4.78, 5) is 50.0. The van der Waals surface area contributed by atoms with Gasteiger partial charge >= 0.3 is 5.97 Å². The molecule has 0 aromatic heterocycles. The van der Waals surface area contributed by atoms with Crippen LogP contribution in [0.5, 0.6) is 0 Å². The van der Waals surface area contributed by atoms with Crippen LogP contribution < -0.4 is 5.32 Å². The molecule has 1 aliphatic carbocycles. The lowest BCUT2D eigenvalue weighted by Crippen LogP contribution is -2.35. The molecule has 0 spiro atoms. The van der Waals surface area contributed by atoms with E-state index in [0.717, 1.165) is 29.9 Å². The fraction of sp³-hybridized carbons (Fsp3) is 0.500. The van der Waals surface area contributed by atoms with Gasteiger partial charge in [0.15, 0.2) is 6.10 Å². The van der Waals surface area contributed by atoms with E-state index in [1.807, 2.05) is 0 Å². The molecule has 0 radical (unpaired) electrons. The predicted octanol–water partition coefficient (Wildman–Crippen LogP) is 2.40. The van der Waals surface area contributed by atoms with Gasteiger partial charge in [0.25, 0.3) is 5.91 Å².